The summed E-state index contributed by atoms with van der Waals surface area (Å²) in [5.74, 6) is -0.0228. The molecule has 6 heteroatoms. The molecular weight excluding hydrogens is 460 g/mol. The Hall–Kier alpha value is -1.15. The number of guanidine groups is 1. The Kier molecular flexibility index (Phi) is 7.81. The van der Waals surface area contributed by atoms with Crippen molar-refractivity contribution in [3.8, 4) is 0 Å². The highest BCUT2D eigenvalue weighted by molar-refractivity contribution is 14.0. The summed E-state index contributed by atoms with van der Waals surface area (Å²) in [6.07, 6.45) is 0.954. The smallest absolute Gasteiger partial charge is 0.193 e. The minimum absolute atomic E-state index is 0. The maximum absolute atomic E-state index is 13.6. The van der Waals surface area contributed by atoms with E-state index in [9.17, 15) is 4.39 Å². The Labute approximate surface area is 155 Å². The summed E-state index contributed by atoms with van der Waals surface area (Å²) >= 11 is 3.31. The van der Waals surface area contributed by atoms with Crippen molar-refractivity contribution in [1.29, 1.82) is 0 Å². The third kappa shape index (κ3) is 5.57. The normalized spacial score (nSPS) is 11.0. The van der Waals surface area contributed by atoms with Gasteiger partial charge in [0.1, 0.15) is 5.82 Å². The first-order chi connectivity index (χ1) is 10.1. The molecular formula is C16H18BrFIN3. The van der Waals surface area contributed by atoms with E-state index in [1.165, 1.54) is 11.6 Å². The van der Waals surface area contributed by atoms with Gasteiger partial charge in [-0.15, -0.1) is 24.0 Å². The maximum atomic E-state index is 13.6. The second-order valence-corrected chi connectivity index (χ2v) is 5.53. The molecule has 0 aliphatic heterocycles. The average molecular weight is 478 g/mol. The van der Waals surface area contributed by atoms with Crippen molar-refractivity contribution >= 4 is 51.6 Å². The molecule has 0 aromatic heterocycles. The van der Waals surface area contributed by atoms with Gasteiger partial charge < -0.3 is 11.1 Å². The van der Waals surface area contributed by atoms with Crippen LogP contribution in [0.3, 0.4) is 0 Å². The van der Waals surface area contributed by atoms with Crippen molar-refractivity contribution in [1.82, 2.24) is 0 Å². The molecule has 0 aliphatic carbocycles. The molecule has 2 aromatic rings. The zero-order valence-electron chi connectivity index (χ0n) is 12.1. The van der Waals surface area contributed by atoms with Crippen molar-refractivity contribution in [3.05, 3.63) is 63.9 Å². The van der Waals surface area contributed by atoms with E-state index < -0.39 is 0 Å². The molecule has 2 aromatic carbocycles. The first-order valence-corrected chi connectivity index (χ1v) is 7.47. The summed E-state index contributed by atoms with van der Waals surface area (Å²) in [4.78, 5) is 4.17. The molecule has 0 spiro atoms. The molecule has 22 heavy (non-hydrogen) atoms. The predicted octanol–water partition coefficient (Wildman–Crippen LogP) is 4.70. The van der Waals surface area contributed by atoms with Gasteiger partial charge in [0.05, 0.1) is 6.54 Å². The van der Waals surface area contributed by atoms with E-state index in [1.54, 1.807) is 12.1 Å². The number of nitrogens with two attached hydrogens (primary N) is 1. The van der Waals surface area contributed by atoms with Gasteiger partial charge in [-0.3, -0.25) is 0 Å². The van der Waals surface area contributed by atoms with Gasteiger partial charge >= 0.3 is 0 Å². The fourth-order valence-corrected chi connectivity index (χ4v) is 2.30. The topological polar surface area (TPSA) is 50.4 Å². The quantitative estimate of drug-likeness (QED) is 0.381. The van der Waals surface area contributed by atoms with E-state index >= 15 is 0 Å². The van der Waals surface area contributed by atoms with Gasteiger partial charge in [-0.2, -0.15) is 0 Å². The zero-order valence-corrected chi connectivity index (χ0v) is 16.1. The first kappa shape index (κ1) is 18.9. The number of halogens is 3. The summed E-state index contributed by atoms with van der Waals surface area (Å²) in [5.41, 5.74) is 8.43. The lowest BCUT2D eigenvalue weighted by Gasteiger charge is -2.07. The molecule has 0 aliphatic rings. The Bertz CT molecular complexity index is 662. The highest BCUT2D eigenvalue weighted by Gasteiger charge is 2.02. The number of benzene rings is 2. The number of aryl methyl sites for hydroxylation is 1. The van der Waals surface area contributed by atoms with Crippen molar-refractivity contribution < 1.29 is 4.39 Å². The van der Waals surface area contributed by atoms with Gasteiger partial charge in [0.2, 0.25) is 0 Å². The third-order valence-electron chi connectivity index (χ3n) is 3.04. The Morgan fingerprint density at radius 2 is 2.05 bits per heavy atom. The fourth-order valence-electron chi connectivity index (χ4n) is 1.89. The molecule has 0 unspecified atom stereocenters. The van der Waals surface area contributed by atoms with Crippen LogP contribution >= 0.6 is 39.9 Å². The van der Waals surface area contributed by atoms with Crippen LogP contribution in [0, 0.1) is 5.82 Å². The van der Waals surface area contributed by atoms with E-state index in [0.29, 0.717) is 5.56 Å². The van der Waals surface area contributed by atoms with Gasteiger partial charge in [-0.05, 0) is 42.3 Å². The van der Waals surface area contributed by atoms with Crippen molar-refractivity contribution in [2.45, 2.75) is 19.9 Å². The number of nitrogens with one attached hydrogen (secondary N) is 1. The van der Waals surface area contributed by atoms with Crippen LogP contribution in [0.4, 0.5) is 10.1 Å². The lowest BCUT2D eigenvalue weighted by atomic mass is 10.1. The van der Waals surface area contributed by atoms with Crippen LogP contribution in [0.2, 0.25) is 0 Å². The van der Waals surface area contributed by atoms with Gasteiger partial charge in [0, 0.05) is 15.7 Å². The molecule has 3 nitrogen and oxygen atoms in total. The van der Waals surface area contributed by atoms with Crippen molar-refractivity contribution in [2.75, 3.05) is 5.32 Å². The van der Waals surface area contributed by atoms with Crippen LogP contribution in [-0.2, 0) is 13.0 Å². The van der Waals surface area contributed by atoms with Crippen LogP contribution in [0.15, 0.2) is 51.9 Å². The fraction of sp³-hybridized carbons (Fsp3) is 0.188. The lowest BCUT2D eigenvalue weighted by molar-refractivity contribution is 0.610. The number of nitrogens with zero attached hydrogens (tertiary/aromatic N) is 1. The van der Waals surface area contributed by atoms with E-state index in [2.05, 4.69) is 39.2 Å². The summed E-state index contributed by atoms with van der Waals surface area (Å²) in [6.45, 7) is 2.28. The molecule has 0 saturated carbocycles. The van der Waals surface area contributed by atoms with Crippen LogP contribution in [0.5, 0.6) is 0 Å². The van der Waals surface area contributed by atoms with E-state index in [1.807, 2.05) is 18.2 Å². The van der Waals surface area contributed by atoms with Gasteiger partial charge in [-0.25, -0.2) is 9.38 Å². The second kappa shape index (κ2) is 9.09. The second-order valence-electron chi connectivity index (χ2n) is 4.62. The van der Waals surface area contributed by atoms with Crippen LogP contribution < -0.4 is 11.1 Å². The van der Waals surface area contributed by atoms with E-state index in [-0.39, 0.29) is 42.3 Å². The molecule has 118 valence electrons. The van der Waals surface area contributed by atoms with Crippen LogP contribution in [-0.4, -0.2) is 5.96 Å². The zero-order chi connectivity index (χ0) is 15.2. The number of hydrogen-bond donors (Lipinski definition) is 2. The third-order valence-corrected chi connectivity index (χ3v) is 3.53. The number of hydrogen-bond acceptors (Lipinski definition) is 1. The lowest BCUT2D eigenvalue weighted by Crippen LogP contribution is -2.22. The summed E-state index contributed by atoms with van der Waals surface area (Å²) in [6, 6.07) is 12.7. The minimum Gasteiger partial charge on any atom is -0.370 e. The molecule has 0 radical (unpaired) electrons. The first-order valence-electron chi connectivity index (χ1n) is 6.68. The number of rotatable bonds is 4. The van der Waals surface area contributed by atoms with Crippen molar-refractivity contribution in [2.24, 2.45) is 10.7 Å². The predicted molar refractivity (Wildman–Crippen MR) is 104 cm³/mol. The number of anilines is 1. The minimum atomic E-state index is -0.289. The molecule has 0 fully saturated rings. The Morgan fingerprint density at radius 3 is 2.77 bits per heavy atom. The van der Waals surface area contributed by atoms with Crippen molar-refractivity contribution in [3.63, 3.8) is 0 Å². The summed E-state index contributed by atoms with van der Waals surface area (Å²) in [5, 5.41) is 3.01. The monoisotopic (exact) mass is 477 g/mol. The largest absolute Gasteiger partial charge is 0.370 e. The van der Waals surface area contributed by atoms with Crippen LogP contribution in [0.1, 0.15) is 18.1 Å². The SMILES string of the molecule is CCc1cccc(NC(N)=NCc2cc(Br)ccc2F)c1.I. The van der Waals surface area contributed by atoms with Gasteiger partial charge in [0.15, 0.2) is 5.96 Å². The summed E-state index contributed by atoms with van der Waals surface area (Å²) in [7, 11) is 0. The van der Waals surface area contributed by atoms with E-state index in [0.717, 1.165) is 16.6 Å². The van der Waals surface area contributed by atoms with Gasteiger partial charge in [-0.1, -0.05) is 35.0 Å². The maximum Gasteiger partial charge on any atom is 0.193 e. The molecule has 3 N–H and O–H groups in total. The molecule has 0 bridgehead atoms. The van der Waals surface area contributed by atoms with E-state index in [4.69, 9.17) is 5.73 Å². The molecule has 2 rings (SSSR count). The molecule has 0 atom stereocenters. The highest BCUT2D eigenvalue weighted by atomic mass is 127. The standard InChI is InChI=1S/C16H17BrFN3.HI/c1-2-11-4-3-5-14(8-11)21-16(19)20-10-12-9-13(17)6-7-15(12)18;/h3-9H,2,10H2,1H3,(H3,19,20,21);1H. The average Bonchev–Trinajstić information content (AvgIpc) is 2.48. The summed E-state index contributed by atoms with van der Waals surface area (Å²) < 4.78 is 14.4. The molecule has 0 saturated heterocycles. The number of aliphatic imine (C=N–C) groups is 1. The highest BCUT2D eigenvalue weighted by Crippen LogP contribution is 2.16. The Balaban J connectivity index is 0.00000242. The van der Waals surface area contributed by atoms with Gasteiger partial charge in [0.25, 0.3) is 0 Å². The van der Waals surface area contributed by atoms with Crippen LogP contribution in [0.25, 0.3) is 0 Å². The molecule has 0 heterocycles. The Morgan fingerprint density at radius 1 is 1.27 bits per heavy atom. The molecule has 0 amide bonds.